The van der Waals surface area contributed by atoms with Crippen LogP contribution in [0.2, 0.25) is 5.02 Å². The Bertz CT molecular complexity index is 814. The number of nitrogens with zero attached hydrogens (tertiary/aromatic N) is 4. The Morgan fingerprint density at radius 1 is 1.37 bits per heavy atom. The molecule has 3 aromatic rings. The first kappa shape index (κ1) is 11.7. The molecule has 0 radical (unpaired) electrons. The summed E-state index contributed by atoms with van der Waals surface area (Å²) in [6.07, 6.45) is 3.54. The van der Waals surface area contributed by atoms with Crippen LogP contribution in [0.5, 0.6) is 0 Å². The monoisotopic (exact) mass is 268 g/mol. The van der Waals surface area contributed by atoms with Crippen molar-refractivity contribution in [2.24, 2.45) is 7.05 Å². The van der Waals surface area contributed by atoms with Crippen molar-refractivity contribution in [3.63, 3.8) is 0 Å². The largest absolute Gasteiger partial charge is 0.275 e. The molecule has 2 aromatic heterocycles. The van der Waals surface area contributed by atoms with Crippen LogP contribution in [0.25, 0.3) is 27.0 Å². The van der Waals surface area contributed by atoms with Gasteiger partial charge in [-0.05, 0) is 18.2 Å². The zero-order chi connectivity index (χ0) is 13.4. The first-order valence-electron chi connectivity index (χ1n) is 5.65. The third-order valence-corrected chi connectivity index (χ3v) is 3.21. The van der Waals surface area contributed by atoms with Crippen molar-refractivity contribution in [2.45, 2.75) is 0 Å². The molecule has 0 aliphatic rings. The molecule has 92 valence electrons. The molecule has 3 rings (SSSR count). The van der Waals surface area contributed by atoms with Gasteiger partial charge >= 0.3 is 0 Å². The lowest BCUT2D eigenvalue weighted by Gasteiger charge is -2.05. The van der Waals surface area contributed by atoms with Crippen LogP contribution in [0.15, 0.2) is 36.7 Å². The number of fused-ring (bicyclic) bond motifs is 1. The molecular weight excluding hydrogens is 260 g/mol. The van der Waals surface area contributed by atoms with E-state index in [9.17, 15) is 0 Å². The summed E-state index contributed by atoms with van der Waals surface area (Å²) >= 11 is 6.13. The lowest BCUT2D eigenvalue weighted by Crippen LogP contribution is -1.86. The van der Waals surface area contributed by atoms with Crippen molar-refractivity contribution in [1.82, 2.24) is 14.8 Å². The Morgan fingerprint density at radius 3 is 2.89 bits per heavy atom. The minimum Gasteiger partial charge on any atom is -0.275 e. The Kier molecular flexibility index (Phi) is 2.69. The maximum absolute atomic E-state index is 7.30. The van der Waals surface area contributed by atoms with Gasteiger partial charge in [0.25, 0.3) is 0 Å². The summed E-state index contributed by atoms with van der Waals surface area (Å²) in [5.41, 5.74) is 2.72. The number of benzene rings is 1. The van der Waals surface area contributed by atoms with Crippen molar-refractivity contribution in [3.05, 3.63) is 53.1 Å². The van der Waals surface area contributed by atoms with Gasteiger partial charge in [-0.3, -0.25) is 9.67 Å². The van der Waals surface area contributed by atoms with Crippen molar-refractivity contribution < 1.29 is 0 Å². The van der Waals surface area contributed by atoms with E-state index in [1.165, 1.54) is 0 Å². The molecule has 1 aromatic carbocycles. The number of pyridine rings is 1. The highest BCUT2D eigenvalue weighted by Crippen LogP contribution is 2.33. The summed E-state index contributed by atoms with van der Waals surface area (Å²) in [7, 11) is 1.83. The fraction of sp³-hybridized carbons (Fsp3) is 0.0714. The van der Waals surface area contributed by atoms with Crippen LogP contribution in [-0.2, 0) is 7.05 Å². The van der Waals surface area contributed by atoms with E-state index in [1.54, 1.807) is 23.0 Å². The maximum atomic E-state index is 7.30. The topological polar surface area (TPSA) is 35.1 Å². The lowest BCUT2D eigenvalue weighted by atomic mass is 10.1. The summed E-state index contributed by atoms with van der Waals surface area (Å²) < 4.78 is 1.69. The minimum absolute atomic E-state index is 0.480. The molecule has 0 atom stereocenters. The molecule has 0 N–H and O–H groups in total. The number of hydrogen-bond acceptors (Lipinski definition) is 2. The van der Waals surface area contributed by atoms with E-state index in [4.69, 9.17) is 18.2 Å². The van der Waals surface area contributed by atoms with E-state index in [0.717, 1.165) is 16.5 Å². The van der Waals surface area contributed by atoms with Crippen LogP contribution in [0.3, 0.4) is 0 Å². The average Bonchev–Trinajstić information content (AvgIpc) is 2.84. The number of aromatic nitrogens is 3. The van der Waals surface area contributed by atoms with E-state index in [2.05, 4.69) is 14.9 Å². The Labute approximate surface area is 115 Å². The second kappa shape index (κ2) is 4.38. The second-order valence-electron chi connectivity index (χ2n) is 4.18. The van der Waals surface area contributed by atoms with Gasteiger partial charge in [-0.15, -0.1) is 0 Å². The molecule has 0 unspecified atom stereocenters. The molecule has 0 amide bonds. The van der Waals surface area contributed by atoms with Crippen LogP contribution in [0.1, 0.15) is 0 Å². The first-order valence-corrected chi connectivity index (χ1v) is 6.02. The molecule has 19 heavy (non-hydrogen) atoms. The van der Waals surface area contributed by atoms with E-state index >= 15 is 0 Å². The zero-order valence-electron chi connectivity index (χ0n) is 10.1. The van der Waals surface area contributed by atoms with Gasteiger partial charge < -0.3 is 0 Å². The smallest absolute Gasteiger partial charge is 0.213 e. The summed E-state index contributed by atoms with van der Waals surface area (Å²) in [6, 6.07) is 7.31. The van der Waals surface area contributed by atoms with E-state index in [0.29, 0.717) is 16.4 Å². The fourth-order valence-corrected chi connectivity index (χ4v) is 2.21. The summed E-state index contributed by atoms with van der Waals surface area (Å²) in [5.74, 6) is 0. The number of rotatable bonds is 1. The SMILES string of the molecule is [C-]#[N+]c1cc2c(Cl)cccc2nc1-c1cnn(C)c1. The van der Waals surface area contributed by atoms with E-state index in [1.807, 2.05) is 25.4 Å². The average molecular weight is 269 g/mol. The summed E-state index contributed by atoms with van der Waals surface area (Å²) in [5, 5.41) is 5.51. The Morgan fingerprint density at radius 2 is 2.21 bits per heavy atom. The van der Waals surface area contributed by atoms with Gasteiger partial charge in [-0.1, -0.05) is 17.7 Å². The van der Waals surface area contributed by atoms with Crippen molar-refractivity contribution in [3.8, 4) is 11.3 Å². The van der Waals surface area contributed by atoms with E-state index in [-0.39, 0.29) is 0 Å². The van der Waals surface area contributed by atoms with Crippen LogP contribution in [0, 0.1) is 6.57 Å². The highest BCUT2D eigenvalue weighted by atomic mass is 35.5. The lowest BCUT2D eigenvalue weighted by molar-refractivity contribution is 0.768. The second-order valence-corrected chi connectivity index (χ2v) is 4.58. The van der Waals surface area contributed by atoms with Gasteiger partial charge in [0.15, 0.2) is 0 Å². The summed E-state index contributed by atoms with van der Waals surface area (Å²) in [4.78, 5) is 8.08. The van der Waals surface area contributed by atoms with Crippen LogP contribution in [0.4, 0.5) is 5.69 Å². The first-order chi connectivity index (χ1) is 9.19. The van der Waals surface area contributed by atoms with E-state index < -0.39 is 0 Å². The molecule has 5 heteroatoms. The van der Waals surface area contributed by atoms with Gasteiger partial charge in [0.2, 0.25) is 5.69 Å². The van der Waals surface area contributed by atoms with Gasteiger partial charge in [0, 0.05) is 29.2 Å². The normalized spacial score (nSPS) is 10.6. The van der Waals surface area contributed by atoms with Crippen LogP contribution in [-0.4, -0.2) is 14.8 Å². The molecule has 0 spiro atoms. The third-order valence-electron chi connectivity index (χ3n) is 2.88. The molecular formula is C14H9ClN4. The third kappa shape index (κ3) is 1.94. The summed E-state index contributed by atoms with van der Waals surface area (Å²) in [6.45, 7) is 7.30. The molecule has 0 fully saturated rings. The highest BCUT2D eigenvalue weighted by Gasteiger charge is 2.12. The quantitative estimate of drug-likeness (QED) is 0.629. The van der Waals surface area contributed by atoms with Crippen molar-refractivity contribution >= 4 is 28.2 Å². The predicted molar refractivity (Wildman–Crippen MR) is 75.2 cm³/mol. The molecule has 0 bridgehead atoms. The number of halogens is 1. The standard InChI is InChI=1S/C14H9ClN4/c1-16-13-6-10-11(15)4-3-5-12(10)18-14(13)9-7-17-19(2)8-9/h3-8H,2H3. The molecule has 4 nitrogen and oxygen atoms in total. The number of hydrogen-bond donors (Lipinski definition) is 0. The van der Waals surface area contributed by atoms with Crippen LogP contribution < -0.4 is 0 Å². The highest BCUT2D eigenvalue weighted by molar-refractivity contribution is 6.35. The molecule has 0 aliphatic heterocycles. The van der Waals surface area contributed by atoms with Crippen LogP contribution >= 0.6 is 11.6 Å². The molecule has 0 aliphatic carbocycles. The van der Waals surface area contributed by atoms with Gasteiger partial charge in [0.05, 0.1) is 24.0 Å². The maximum Gasteiger partial charge on any atom is 0.213 e. The molecule has 0 saturated heterocycles. The Balaban J connectivity index is 2.33. The Hall–Kier alpha value is -2.38. The van der Waals surface area contributed by atoms with Gasteiger partial charge in [0.1, 0.15) is 0 Å². The van der Waals surface area contributed by atoms with Crippen molar-refractivity contribution in [1.29, 1.82) is 0 Å². The number of aryl methyl sites for hydroxylation is 1. The van der Waals surface area contributed by atoms with Crippen molar-refractivity contribution in [2.75, 3.05) is 0 Å². The fourth-order valence-electron chi connectivity index (χ4n) is 1.99. The van der Waals surface area contributed by atoms with Gasteiger partial charge in [-0.2, -0.15) is 5.10 Å². The minimum atomic E-state index is 0.480. The zero-order valence-corrected chi connectivity index (χ0v) is 10.9. The predicted octanol–water partition coefficient (Wildman–Crippen LogP) is 3.84. The molecule has 0 saturated carbocycles. The molecule has 2 heterocycles. The van der Waals surface area contributed by atoms with Gasteiger partial charge in [-0.25, -0.2) is 4.85 Å².